The Labute approximate surface area is 94.5 Å². The maximum Gasteiger partial charge on any atom is 0.0662 e. The molecule has 1 aliphatic carbocycles. The van der Waals surface area contributed by atoms with Crippen molar-refractivity contribution in [1.82, 2.24) is 5.32 Å². The number of aliphatic hydroxyl groups is 1. The van der Waals surface area contributed by atoms with Crippen LogP contribution in [0.2, 0.25) is 0 Å². The van der Waals surface area contributed by atoms with Gasteiger partial charge in [-0.05, 0) is 31.2 Å². The van der Waals surface area contributed by atoms with Crippen molar-refractivity contribution in [2.24, 2.45) is 11.8 Å². The quantitative estimate of drug-likeness (QED) is 0.665. The molecule has 0 aromatic carbocycles. The van der Waals surface area contributed by atoms with E-state index in [4.69, 9.17) is 0 Å². The summed E-state index contributed by atoms with van der Waals surface area (Å²) in [5.41, 5.74) is 0. The summed E-state index contributed by atoms with van der Waals surface area (Å²) >= 11 is 0. The Hall–Kier alpha value is -0.0800. The molecule has 0 aliphatic heterocycles. The van der Waals surface area contributed by atoms with Crippen LogP contribution in [0.4, 0.5) is 0 Å². The van der Waals surface area contributed by atoms with E-state index in [1.807, 2.05) is 6.92 Å². The predicted octanol–water partition coefficient (Wildman–Crippen LogP) is 2.56. The van der Waals surface area contributed by atoms with Crippen LogP contribution in [0, 0.1) is 11.8 Å². The number of hydrogen-bond donors (Lipinski definition) is 2. The van der Waals surface area contributed by atoms with Gasteiger partial charge < -0.3 is 10.4 Å². The summed E-state index contributed by atoms with van der Waals surface area (Å²) in [7, 11) is 0. The predicted molar refractivity (Wildman–Crippen MR) is 64.9 cm³/mol. The molecular formula is C13H27NO. The standard InChI is InChI=1S/C13H27NO/c1-3-13(15)10-14-9-8-12-6-4-11(2)5-7-12/h11-15H,3-10H2,1-2H3. The lowest BCUT2D eigenvalue weighted by molar-refractivity contribution is 0.166. The van der Waals surface area contributed by atoms with Crippen LogP contribution in [0.1, 0.15) is 52.4 Å². The van der Waals surface area contributed by atoms with Crippen LogP contribution in [0.15, 0.2) is 0 Å². The normalized spacial score (nSPS) is 29.0. The fraction of sp³-hybridized carbons (Fsp3) is 1.00. The minimum atomic E-state index is -0.156. The van der Waals surface area contributed by atoms with Gasteiger partial charge in [0.25, 0.3) is 0 Å². The lowest BCUT2D eigenvalue weighted by Gasteiger charge is -2.26. The molecule has 0 bridgehead atoms. The van der Waals surface area contributed by atoms with Crippen molar-refractivity contribution in [2.75, 3.05) is 13.1 Å². The average molecular weight is 213 g/mol. The minimum Gasteiger partial charge on any atom is -0.392 e. The fourth-order valence-corrected chi connectivity index (χ4v) is 2.34. The maximum atomic E-state index is 9.37. The monoisotopic (exact) mass is 213 g/mol. The molecule has 0 aromatic heterocycles. The second kappa shape index (κ2) is 7.24. The Bertz CT molecular complexity index is 153. The van der Waals surface area contributed by atoms with Gasteiger partial charge in [-0.2, -0.15) is 0 Å². The number of rotatable bonds is 6. The first kappa shape index (κ1) is 13.0. The third kappa shape index (κ3) is 5.53. The van der Waals surface area contributed by atoms with Crippen LogP contribution in [-0.2, 0) is 0 Å². The van der Waals surface area contributed by atoms with Crippen LogP contribution in [-0.4, -0.2) is 24.3 Å². The summed E-state index contributed by atoms with van der Waals surface area (Å²) in [6.07, 6.45) is 7.66. The van der Waals surface area contributed by atoms with E-state index >= 15 is 0 Å². The van der Waals surface area contributed by atoms with Gasteiger partial charge in [0.15, 0.2) is 0 Å². The van der Waals surface area contributed by atoms with Crippen molar-refractivity contribution >= 4 is 0 Å². The van der Waals surface area contributed by atoms with Crippen molar-refractivity contribution in [2.45, 2.75) is 58.5 Å². The van der Waals surface area contributed by atoms with Crippen LogP contribution < -0.4 is 5.32 Å². The molecule has 0 heterocycles. The Morgan fingerprint density at radius 1 is 1.27 bits per heavy atom. The molecule has 0 saturated heterocycles. The van der Waals surface area contributed by atoms with Crippen LogP contribution in [0.25, 0.3) is 0 Å². The van der Waals surface area contributed by atoms with Crippen molar-refractivity contribution in [1.29, 1.82) is 0 Å². The van der Waals surface area contributed by atoms with E-state index in [-0.39, 0.29) is 6.10 Å². The molecule has 0 aromatic rings. The van der Waals surface area contributed by atoms with Crippen LogP contribution in [0.5, 0.6) is 0 Å². The average Bonchev–Trinajstić information content (AvgIpc) is 2.26. The molecule has 90 valence electrons. The summed E-state index contributed by atoms with van der Waals surface area (Å²) in [6, 6.07) is 0. The first-order valence-corrected chi connectivity index (χ1v) is 6.61. The number of hydrogen-bond acceptors (Lipinski definition) is 2. The van der Waals surface area contributed by atoms with Gasteiger partial charge in [0.1, 0.15) is 0 Å². The molecule has 0 amide bonds. The molecule has 2 nitrogen and oxygen atoms in total. The Morgan fingerprint density at radius 2 is 1.93 bits per heavy atom. The maximum absolute atomic E-state index is 9.37. The van der Waals surface area contributed by atoms with Gasteiger partial charge in [0.2, 0.25) is 0 Å². The lowest BCUT2D eigenvalue weighted by Crippen LogP contribution is -2.28. The first-order chi connectivity index (χ1) is 7.22. The van der Waals surface area contributed by atoms with Gasteiger partial charge in [-0.3, -0.25) is 0 Å². The molecule has 2 N–H and O–H groups in total. The molecule has 1 fully saturated rings. The molecule has 1 atom stereocenters. The molecule has 15 heavy (non-hydrogen) atoms. The van der Waals surface area contributed by atoms with Gasteiger partial charge in [-0.1, -0.05) is 39.5 Å². The number of nitrogens with one attached hydrogen (secondary N) is 1. The SMILES string of the molecule is CCC(O)CNCCC1CCC(C)CC1. The van der Waals surface area contributed by atoms with Gasteiger partial charge in [-0.25, -0.2) is 0 Å². The Kier molecular flexibility index (Phi) is 6.26. The van der Waals surface area contributed by atoms with E-state index in [0.717, 1.165) is 31.3 Å². The van der Waals surface area contributed by atoms with E-state index < -0.39 is 0 Å². The highest BCUT2D eigenvalue weighted by Crippen LogP contribution is 2.29. The topological polar surface area (TPSA) is 32.3 Å². The molecule has 0 spiro atoms. The Morgan fingerprint density at radius 3 is 2.53 bits per heavy atom. The van der Waals surface area contributed by atoms with Gasteiger partial charge in [-0.15, -0.1) is 0 Å². The first-order valence-electron chi connectivity index (χ1n) is 6.61. The Balaban J connectivity index is 1.96. The summed E-state index contributed by atoms with van der Waals surface area (Å²) in [4.78, 5) is 0. The lowest BCUT2D eigenvalue weighted by atomic mass is 9.81. The smallest absolute Gasteiger partial charge is 0.0662 e. The second-order valence-electron chi connectivity index (χ2n) is 5.18. The van der Waals surface area contributed by atoms with Crippen LogP contribution in [0.3, 0.4) is 0 Å². The highest BCUT2D eigenvalue weighted by Gasteiger charge is 2.17. The van der Waals surface area contributed by atoms with Crippen molar-refractivity contribution in [3.63, 3.8) is 0 Å². The molecule has 1 aliphatic rings. The van der Waals surface area contributed by atoms with E-state index in [1.54, 1.807) is 0 Å². The second-order valence-corrected chi connectivity index (χ2v) is 5.18. The zero-order valence-electron chi connectivity index (χ0n) is 10.3. The fourth-order valence-electron chi connectivity index (χ4n) is 2.34. The van der Waals surface area contributed by atoms with Gasteiger partial charge >= 0.3 is 0 Å². The summed E-state index contributed by atoms with van der Waals surface area (Å²) in [5, 5.41) is 12.7. The highest BCUT2D eigenvalue weighted by molar-refractivity contribution is 4.71. The van der Waals surface area contributed by atoms with Crippen LogP contribution >= 0.6 is 0 Å². The van der Waals surface area contributed by atoms with E-state index in [1.165, 1.54) is 32.1 Å². The minimum absolute atomic E-state index is 0.156. The van der Waals surface area contributed by atoms with Gasteiger partial charge in [0.05, 0.1) is 6.10 Å². The summed E-state index contributed by atoms with van der Waals surface area (Å²) in [5.74, 6) is 1.89. The molecule has 0 radical (unpaired) electrons. The molecule has 2 heteroatoms. The van der Waals surface area contributed by atoms with E-state index in [0.29, 0.717) is 0 Å². The zero-order chi connectivity index (χ0) is 11.1. The molecule has 1 unspecified atom stereocenters. The third-order valence-corrected chi connectivity index (χ3v) is 3.72. The van der Waals surface area contributed by atoms with Crippen molar-refractivity contribution in [3.05, 3.63) is 0 Å². The highest BCUT2D eigenvalue weighted by atomic mass is 16.3. The van der Waals surface area contributed by atoms with E-state index in [9.17, 15) is 5.11 Å². The molecular weight excluding hydrogens is 186 g/mol. The summed E-state index contributed by atoms with van der Waals surface area (Å²) in [6.45, 7) is 6.23. The zero-order valence-corrected chi connectivity index (χ0v) is 10.3. The van der Waals surface area contributed by atoms with Crippen molar-refractivity contribution < 1.29 is 5.11 Å². The largest absolute Gasteiger partial charge is 0.392 e. The summed E-state index contributed by atoms with van der Waals surface area (Å²) < 4.78 is 0. The van der Waals surface area contributed by atoms with E-state index in [2.05, 4.69) is 12.2 Å². The third-order valence-electron chi connectivity index (χ3n) is 3.72. The van der Waals surface area contributed by atoms with Crippen molar-refractivity contribution in [3.8, 4) is 0 Å². The molecule has 1 saturated carbocycles. The number of aliphatic hydroxyl groups excluding tert-OH is 1. The van der Waals surface area contributed by atoms with Gasteiger partial charge in [0, 0.05) is 6.54 Å². The molecule has 1 rings (SSSR count).